The number of benzene rings is 7. The molecule has 2 aliphatic rings. The molecule has 0 amide bonds. The molecule has 0 aliphatic carbocycles. The first-order chi connectivity index (χ1) is 33.6. The van der Waals surface area contributed by atoms with Crippen molar-refractivity contribution in [2.45, 2.75) is 180 Å². The van der Waals surface area contributed by atoms with Crippen molar-refractivity contribution in [3.63, 3.8) is 0 Å². The number of hydrogen-bond donors (Lipinski definition) is 0. The number of hydrogen-bond acceptors (Lipinski definition) is 2. The summed E-state index contributed by atoms with van der Waals surface area (Å²) in [6, 6.07) is 50.2. The Labute approximate surface area is 433 Å². The van der Waals surface area contributed by atoms with Crippen molar-refractivity contribution in [1.29, 1.82) is 0 Å². The number of ether oxygens (including phenoxy) is 2. The van der Waals surface area contributed by atoms with Crippen molar-refractivity contribution < 1.29 is 9.47 Å². The van der Waals surface area contributed by atoms with Gasteiger partial charge in [-0.25, -0.2) is 0 Å². The molecule has 2 heterocycles. The van der Waals surface area contributed by atoms with Crippen LogP contribution in [0.15, 0.2) is 140 Å². The molecule has 7 aromatic carbocycles. The summed E-state index contributed by atoms with van der Waals surface area (Å²) < 4.78 is 12.8. The molecule has 2 nitrogen and oxygen atoms in total. The zero-order valence-electron chi connectivity index (χ0n) is 47.6. The van der Waals surface area contributed by atoms with Gasteiger partial charge in [0.05, 0.1) is 0 Å². The molecule has 0 N–H and O–H groups in total. The third kappa shape index (κ3) is 15.6. The average Bonchev–Trinajstić information content (AvgIpc) is 3.53. The van der Waals surface area contributed by atoms with E-state index in [0.717, 1.165) is 30.8 Å². The second-order valence-corrected chi connectivity index (χ2v) is 20.8. The fraction of sp³-hybridized carbons (Fsp3) is 0.391. The first-order valence-corrected chi connectivity index (χ1v) is 26.5. The maximum atomic E-state index is 6.55. The van der Waals surface area contributed by atoms with Crippen LogP contribution >= 0.6 is 0 Å². The van der Waals surface area contributed by atoms with Crippen molar-refractivity contribution >= 4 is 0 Å². The standard InChI is InChI=1S/C21H26O.C18H20O.C11H16.C9H12.C8H10.C2H6/c1-13-8-9-17(16(4)10-13)21(7)20(5,6)18-11-14(2)15(3)12-19(18)22-21;1-12-5-8-16(14(3)10-12)17-9-7-15-6-4-13(2)11-18(15)19-17;1-4-10(3)11-7-5-9(2)6-8-11;1-3-9-6-4-5-8(2)7-9;1-7-3-5-8(2)6-4-7;1-2/h8-12H,1-7H3;4-6,8,10-11,17H,7,9H2,1-3H3;5-8,10H,4H2,1-3H3;4-7H,3H2,1-2H3;3-6H,1-2H3;1-2H3. The van der Waals surface area contributed by atoms with E-state index in [0.29, 0.717) is 5.92 Å². The van der Waals surface area contributed by atoms with Gasteiger partial charge >= 0.3 is 0 Å². The van der Waals surface area contributed by atoms with Gasteiger partial charge in [-0.05, 0) is 182 Å². The predicted octanol–water partition coefficient (Wildman–Crippen LogP) is 19.6. The fourth-order valence-electron chi connectivity index (χ4n) is 9.29. The highest BCUT2D eigenvalue weighted by atomic mass is 16.5. The van der Waals surface area contributed by atoms with Gasteiger partial charge in [0.15, 0.2) is 0 Å². The normalized spacial score (nSPS) is 16.0. The van der Waals surface area contributed by atoms with E-state index in [4.69, 9.17) is 9.47 Å². The van der Waals surface area contributed by atoms with Gasteiger partial charge in [-0.2, -0.15) is 0 Å². The van der Waals surface area contributed by atoms with Gasteiger partial charge in [-0.3, -0.25) is 0 Å². The van der Waals surface area contributed by atoms with Crippen LogP contribution in [-0.2, 0) is 23.9 Å². The van der Waals surface area contributed by atoms with Crippen LogP contribution in [0, 0.1) is 76.2 Å². The second-order valence-electron chi connectivity index (χ2n) is 20.8. The van der Waals surface area contributed by atoms with Crippen LogP contribution < -0.4 is 9.47 Å². The van der Waals surface area contributed by atoms with Crippen LogP contribution in [-0.4, -0.2) is 0 Å². The molecule has 0 spiro atoms. The third-order valence-electron chi connectivity index (χ3n) is 14.6. The van der Waals surface area contributed by atoms with Gasteiger partial charge < -0.3 is 9.47 Å². The quantitative estimate of drug-likeness (QED) is 0.171. The van der Waals surface area contributed by atoms with Crippen LogP contribution in [0.4, 0.5) is 0 Å². The highest BCUT2D eigenvalue weighted by Crippen LogP contribution is 2.55. The summed E-state index contributed by atoms with van der Waals surface area (Å²) in [5.41, 5.74) is 22.2. The molecule has 0 radical (unpaired) electrons. The first kappa shape index (κ1) is 57.7. The Bertz CT molecular complexity index is 2730. The Hall–Kier alpha value is -5.86. The van der Waals surface area contributed by atoms with E-state index in [9.17, 15) is 0 Å². The van der Waals surface area contributed by atoms with E-state index in [1.807, 2.05) is 13.8 Å². The van der Waals surface area contributed by atoms with Gasteiger partial charge in [0.2, 0.25) is 0 Å². The summed E-state index contributed by atoms with van der Waals surface area (Å²) in [6.45, 7) is 41.0. The Kier molecular flexibility index (Phi) is 21.6. The minimum absolute atomic E-state index is 0.0686. The molecule has 378 valence electrons. The summed E-state index contributed by atoms with van der Waals surface area (Å²) in [4.78, 5) is 0. The molecule has 3 atom stereocenters. The SMILES string of the molecule is CC.CCC(C)c1ccc(C)cc1.CCc1cccc(C)c1.Cc1ccc(C)cc1.Cc1ccc(C2(C)Oc3cc(C)c(C)cc3C2(C)C)c(C)c1.Cc1ccc(C2CCc3ccc(C)cc3O2)c(C)c1. The Balaban J connectivity index is 0.000000202. The van der Waals surface area contributed by atoms with Gasteiger partial charge in [0, 0.05) is 11.0 Å². The fourth-order valence-corrected chi connectivity index (χ4v) is 9.29. The van der Waals surface area contributed by atoms with E-state index >= 15 is 0 Å². The molecule has 0 aromatic heterocycles. The zero-order chi connectivity index (χ0) is 52.6. The molecule has 0 bridgehead atoms. The maximum absolute atomic E-state index is 6.55. The van der Waals surface area contributed by atoms with E-state index < -0.39 is 0 Å². The molecule has 71 heavy (non-hydrogen) atoms. The lowest BCUT2D eigenvalue weighted by atomic mass is 9.68. The monoisotopic (exact) mass is 951 g/mol. The van der Waals surface area contributed by atoms with Crippen molar-refractivity contribution in [2.24, 2.45) is 0 Å². The topological polar surface area (TPSA) is 18.5 Å². The lowest BCUT2D eigenvalue weighted by molar-refractivity contribution is 0.0472. The minimum atomic E-state index is -0.340. The van der Waals surface area contributed by atoms with Crippen LogP contribution in [0.2, 0.25) is 0 Å². The maximum Gasteiger partial charge on any atom is 0.141 e. The molecular weight excluding hydrogens is 861 g/mol. The number of rotatable bonds is 5. The lowest BCUT2D eigenvalue weighted by Crippen LogP contribution is -2.43. The van der Waals surface area contributed by atoms with E-state index in [2.05, 4.69) is 257 Å². The summed E-state index contributed by atoms with van der Waals surface area (Å²) >= 11 is 0. The Morgan fingerprint density at radius 3 is 1.54 bits per heavy atom. The predicted molar refractivity (Wildman–Crippen MR) is 309 cm³/mol. The molecule has 7 aromatic rings. The summed E-state index contributed by atoms with van der Waals surface area (Å²) in [5, 5.41) is 0. The van der Waals surface area contributed by atoms with Gasteiger partial charge in [0.25, 0.3) is 0 Å². The Morgan fingerprint density at radius 1 is 0.493 bits per heavy atom. The van der Waals surface area contributed by atoms with Gasteiger partial charge in [0.1, 0.15) is 23.2 Å². The molecular formula is C69H90O2. The molecule has 2 heteroatoms. The third-order valence-corrected chi connectivity index (χ3v) is 14.6. The first-order valence-electron chi connectivity index (χ1n) is 26.5. The summed E-state index contributed by atoms with van der Waals surface area (Å²) in [7, 11) is 0. The van der Waals surface area contributed by atoms with Crippen LogP contribution in [0.3, 0.4) is 0 Å². The summed E-state index contributed by atoms with van der Waals surface area (Å²) in [6.07, 6.45) is 4.74. The van der Waals surface area contributed by atoms with Crippen molar-refractivity contribution in [2.75, 3.05) is 0 Å². The Morgan fingerprint density at radius 2 is 1.00 bits per heavy atom. The van der Waals surface area contributed by atoms with Gasteiger partial charge in [-0.1, -0.05) is 209 Å². The minimum Gasteiger partial charge on any atom is -0.485 e. The smallest absolute Gasteiger partial charge is 0.141 e. The summed E-state index contributed by atoms with van der Waals surface area (Å²) in [5.74, 6) is 2.81. The van der Waals surface area contributed by atoms with Crippen LogP contribution in [0.5, 0.6) is 11.5 Å². The van der Waals surface area contributed by atoms with E-state index in [-0.39, 0.29) is 17.1 Å². The van der Waals surface area contributed by atoms with Crippen molar-refractivity contribution in [1.82, 2.24) is 0 Å². The van der Waals surface area contributed by atoms with Crippen molar-refractivity contribution in [3.8, 4) is 11.5 Å². The number of fused-ring (bicyclic) bond motifs is 2. The molecule has 0 saturated heterocycles. The molecule has 3 unspecified atom stereocenters. The highest BCUT2D eigenvalue weighted by Gasteiger charge is 2.53. The molecule has 9 rings (SSSR count). The van der Waals surface area contributed by atoms with E-state index in [1.165, 1.54) is 101 Å². The molecule has 2 aliphatic heterocycles. The highest BCUT2D eigenvalue weighted by molar-refractivity contribution is 5.54. The average molecular weight is 951 g/mol. The van der Waals surface area contributed by atoms with Gasteiger partial charge in [-0.15, -0.1) is 0 Å². The van der Waals surface area contributed by atoms with Crippen LogP contribution in [0.25, 0.3) is 0 Å². The molecule has 0 fully saturated rings. The van der Waals surface area contributed by atoms with Crippen molar-refractivity contribution in [3.05, 3.63) is 234 Å². The van der Waals surface area contributed by atoms with E-state index in [1.54, 1.807) is 0 Å². The largest absolute Gasteiger partial charge is 0.485 e. The molecule has 0 saturated carbocycles. The zero-order valence-corrected chi connectivity index (χ0v) is 47.6. The second kappa shape index (κ2) is 26.5. The van der Waals surface area contributed by atoms with Crippen LogP contribution in [0.1, 0.15) is 175 Å². The number of aryl methyl sites for hydroxylation is 13. The lowest BCUT2D eigenvalue weighted by Gasteiger charge is -2.38.